The van der Waals surface area contributed by atoms with Gasteiger partial charge in [0.05, 0.1) is 11.5 Å². The first-order valence-corrected chi connectivity index (χ1v) is 9.26. The largest absolute Gasteiger partial charge is 0.346 e. The second kappa shape index (κ2) is 7.87. The van der Waals surface area contributed by atoms with Crippen LogP contribution < -0.4 is 10.3 Å². The van der Waals surface area contributed by atoms with Crippen LogP contribution in [0, 0.1) is 6.92 Å². The molecular formula is C17H21N2O3S+. The molecule has 0 aliphatic carbocycles. The van der Waals surface area contributed by atoms with Gasteiger partial charge in [-0.2, -0.15) is 0 Å². The minimum Gasteiger partial charge on any atom is -0.346 e. The van der Waals surface area contributed by atoms with Crippen molar-refractivity contribution >= 4 is 15.7 Å². The summed E-state index contributed by atoms with van der Waals surface area (Å²) >= 11 is 0. The van der Waals surface area contributed by atoms with Crippen LogP contribution in [0.2, 0.25) is 0 Å². The van der Waals surface area contributed by atoms with Gasteiger partial charge >= 0.3 is 0 Å². The van der Waals surface area contributed by atoms with Crippen molar-refractivity contribution in [3.05, 3.63) is 65.5 Å². The van der Waals surface area contributed by atoms with E-state index >= 15 is 0 Å². The van der Waals surface area contributed by atoms with Crippen molar-refractivity contribution in [3.63, 3.8) is 0 Å². The highest BCUT2D eigenvalue weighted by atomic mass is 32.2. The molecular weight excluding hydrogens is 312 g/mol. The third-order valence-corrected chi connectivity index (χ3v) is 5.10. The van der Waals surface area contributed by atoms with Crippen LogP contribution in [0.4, 0.5) is 0 Å². The van der Waals surface area contributed by atoms with E-state index in [0.29, 0.717) is 6.54 Å². The maximum atomic E-state index is 12.1. The first kappa shape index (κ1) is 17.1. The Morgan fingerprint density at radius 3 is 2.57 bits per heavy atom. The van der Waals surface area contributed by atoms with Crippen LogP contribution in [-0.4, -0.2) is 20.1 Å². The summed E-state index contributed by atoms with van der Waals surface area (Å²) in [4.78, 5) is 14.8. The second-order valence-corrected chi connectivity index (χ2v) is 7.62. The lowest BCUT2D eigenvalue weighted by Crippen LogP contribution is -2.28. The molecule has 1 aromatic heterocycles. The Balaban J connectivity index is 1.82. The number of carbonyl (C=O) groups is 1. The van der Waals surface area contributed by atoms with Crippen LogP contribution in [0.25, 0.3) is 0 Å². The molecule has 0 spiro atoms. The molecule has 2 rings (SSSR count). The number of carbonyl (C=O) groups excluding carboxylic acids is 1. The lowest BCUT2D eigenvalue weighted by molar-refractivity contribution is -0.390. The fraction of sp³-hybridized carbons (Fsp3) is 0.294. The number of aryl methyl sites for hydroxylation is 1. The molecule has 0 saturated heterocycles. The van der Waals surface area contributed by atoms with Crippen LogP contribution in [0.3, 0.4) is 0 Å². The molecule has 0 atom stereocenters. The van der Waals surface area contributed by atoms with E-state index in [2.05, 4.69) is 10.3 Å². The van der Waals surface area contributed by atoms with Crippen molar-refractivity contribution in [1.82, 2.24) is 5.32 Å². The molecule has 2 N–H and O–H groups in total. The molecule has 1 heterocycles. The molecule has 0 fully saturated rings. The Morgan fingerprint density at radius 2 is 1.87 bits per heavy atom. The van der Waals surface area contributed by atoms with Crippen molar-refractivity contribution < 1.29 is 18.2 Å². The maximum Gasteiger partial charge on any atom is 0.221 e. The molecule has 6 heteroatoms. The molecule has 0 radical (unpaired) electrons. The normalized spacial score (nSPS) is 11.2. The van der Waals surface area contributed by atoms with Gasteiger partial charge in [0, 0.05) is 18.6 Å². The third kappa shape index (κ3) is 5.83. The minimum atomic E-state index is -3.30. The highest BCUT2D eigenvalue weighted by Crippen LogP contribution is 2.12. The number of aromatic nitrogens is 1. The van der Waals surface area contributed by atoms with Crippen molar-refractivity contribution in [3.8, 4) is 0 Å². The molecule has 0 aliphatic heterocycles. The summed E-state index contributed by atoms with van der Waals surface area (Å²) in [5, 5.41) is 2.71. The number of amides is 1. The average molecular weight is 333 g/mol. The molecule has 5 nitrogen and oxygen atoms in total. The first-order valence-electron chi connectivity index (χ1n) is 7.43. The van der Waals surface area contributed by atoms with Crippen LogP contribution >= 0.6 is 0 Å². The SMILES string of the molecule is Cc1ccccc1CS(=O)(=O)CCC(=O)NCc1cccc[nH+]1. The van der Waals surface area contributed by atoms with E-state index in [4.69, 9.17) is 0 Å². The van der Waals surface area contributed by atoms with E-state index in [1.165, 1.54) is 0 Å². The Kier molecular flexibility index (Phi) is 5.87. The van der Waals surface area contributed by atoms with E-state index < -0.39 is 9.84 Å². The molecule has 1 aromatic carbocycles. The number of pyridine rings is 1. The lowest BCUT2D eigenvalue weighted by Gasteiger charge is -2.07. The van der Waals surface area contributed by atoms with Crippen molar-refractivity contribution in [1.29, 1.82) is 0 Å². The number of H-pyrrole nitrogens is 1. The van der Waals surface area contributed by atoms with E-state index in [-0.39, 0.29) is 23.8 Å². The number of nitrogens with one attached hydrogen (secondary N) is 2. The van der Waals surface area contributed by atoms with Crippen LogP contribution in [-0.2, 0) is 26.9 Å². The van der Waals surface area contributed by atoms with E-state index in [9.17, 15) is 13.2 Å². The number of aromatic amines is 1. The van der Waals surface area contributed by atoms with Gasteiger partial charge in [0.15, 0.2) is 21.7 Å². The van der Waals surface area contributed by atoms with Gasteiger partial charge in [-0.3, -0.25) is 4.79 Å². The highest BCUT2D eigenvalue weighted by Gasteiger charge is 2.16. The Hall–Kier alpha value is -2.21. The minimum absolute atomic E-state index is 0.0267. The fourth-order valence-electron chi connectivity index (χ4n) is 2.15. The Labute approximate surface area is 136 Å². The van der Waals surface area contributed by atoms with Gasteiger partial charge in [-0.15, -0.1) is 0 Å². The summed E-state index contributed by atoms with van der Waals surface area (Å²) in [5.41, 5.74) is 2.59. The lowest BCUT2D eigenvalue weighted by atomic mass is 10.1. The smallest absolute Gasteiger partial charge is 0.221 e. The number of sulfone groups is 1. The van der Waals surface area contributed by atoms with Gasteiger partial charge in [0.25, 0.3) is 0 Å². The van der Waals surface area contributed by atoms with Crippen LogP contribution in [0.1, 0.15) is 23.2 Å². The first-order chi connectivity index (χ1) is 11.0. The van der Waals surface area contributed by atoms with Crippen LogP contribution in [0.15, 0.2) is 48.7 Å². The van der Waals surface area contributed by atoms with Gasteiger partial charge in [-0.05, 0) is 18.1 Å². The number of rotatable bonds is 7. The molecule has 23 heavy (non-hydrogen) atoms. The summed E-state index contributed by atoms with van der Waals surface area (Å²) in [6.45, 7) is 2.24. The summed E-state index contributed by atoms with van der Waals surface area (Å²) < 4.78 is 24.3. The monoisotopic (exact) mass is 333 g/mol. The third-order valence-electron chi connectivity index (χ3n) is 3.53. The average Bonchev–Trinajstić information content (AvgIpc) is 2.54. The zero-order chi connectivity index (χ0) is 16.7. The van der Waals surface area contributed by atoms with Crippen LogP contribution in [0.5, 0.6) is 0 Å². The summed E-state index contributed by atoms with van der Waals surface area (Å²) in [6.07, 6.45) is 1.75. The van der Waals surface area contributed by atoms with E-state index in [1.807, 2.05) is 43.3 Å². The van der Waals surface area contributed by atoms with Gasteiger partial charge in [0.1, 0.15) is 6.54 Å². The van der Waals surface area contributed by atoms with Crippen molar-refractivity contribution in [2.45, 2.75) is 25.6 Å². The second-order valence-electron chi connectivity index (χ2n) is 5.43. The highest BCUT2D eigenvalue weighted by molar-refractivity contribution is 7.90. The molecule has 1 amide bonds. The quantitative estimate of drug-likeness (QED) is 0.833. The van der Waals surface area contributed by atoms with E-state index in [1.54, 1.807) is 12.3 Å². The summed E-state index contributed by atoms with van der Waals surface area (Å²) in [6, 6.07) is 13.0. The summed E-state index contributed by atoms with van der Waals surface area (Å²) in [7, 11) is -3.30. The zero-order valence-electron chi connectivity index (χ0n) is 13.1. The predicted octanol–water partition coefficient (Wildman–Crippen LogP) is 1.43. The maximum absolute atomic E-state index is 12.1. The van der Waals surface area contributed by atoms with Gasteiger partial charge < -0.3 is 5.32 Å². The number of hydrogen-bond acceptors (Lipinski definition) is 3. The number of hydrogen-bond donors (Lipinski definition) is 1. The molecule has 0 aliphatic rings. The molecule has 122 valence electrons. The van der Waals surface area contributed by atoms with Crippen molar-refractivity contribution in [2.24, 2.45) is 0 Å². The van der Waals surface area contributed by atoms with Gasteiger partial charge in [-0.1, -0.05) is 30.3 Å². The Bertz CT molecular complexity index is 758. The summed E-state index contributed by atoms with van der Waals surface area (Å²) in [5.74, 6) is -0.443. The standard InChI is InChI=1S/C17H20N2O3S/c1-14-6-2-3-7-15(14)13-23(21,22)11-9-17(20)19-12-16-8-4-5-10-18-16/h2-8,10H,9,11-13H2,1H3,(H,19,20)/p+1. The zero-order valence-corrected chi connectivity index (χ0v) is 13.9. The number of benzene rings is 1. The molecule has 2 aromatic rings. The van der Waals surface area contributed by atoms with Gasteiger partial charge in [0.2, 0.25) is 5.91 Å². The van der Waals surface area contributed by atoms with Crippen molar-refractivity contribution in [2.75, 3.05) is 5.75 Å². The predicted molar refractivity (Wildman–Crippen MR) is 88.1 cm³/mol. The Morgan fingerprint density at radius 1 is 1.13 bits per heavy atom. The van der Waals surface area contributed by atoms with Gasteiger partial charge in [-0.25, -0.2) is 13.4 Å². The molecule has 0 bridgehead atoms. The molecule has 0 unspecified atom stereocenters. The van der Waals surface area contributed by atoms with E-state index in [0.717, 1.165) is 16.8 Å². The fourth-order valence-corrected chi connectivity index (χ4v) is 3.59. The molecule has 0 saturated carbocycles. The topological polar surface area (TPSA) is 77.4 Å².